The summed E-state index contributed by atoms with van der Waals surface area (Å²) in [6, 6.07) is 50.5. The van der Waals surface area contributed by atoms with Crippen molar-refractivity contribution in [3.05, 3.63) is 168 Å². The summed E-state index contributed by atoms with van der Waals surface area (Å²) < 4.78 is 66.4. The Hall–Kier alpha value is -2.64. The number of alkyl halides is 6. The number of pyridine rings is 4. The number of fused-ring (bicyclic) bond motifs is 4. The number of nitrogens with zero attached hydrogens (tertiary/aromatic N) is 6. The maximum absolute atomic E-state index is 8.49. The van der Waals surface area contributed by atoms with E-state index in [4.69, 9.17) is 127 Å². The molecule has 4 heterocycles. The smallest absolute Gasteiger partial charge is 0.290 e. The molecule has 0 aliphatic rings. The summed E-state index contributed by atoms with van der Waals surface area (Å²) in [5, 5.41) is 4.61. The quantitative estimate of drug-likeness (QED) is 0.134. The van der Waals surface area contributed by atoms with Crippen molar-refractivity contribution < 1.29 is 85.1 Å². The molecule has 0 radical (unpaired) electrons. The van der Waals surface area contributed by atoms with Crippen molar-refractivity contribution in [1.29, 1.82) is 0 Å². The number of aromatic nitrogens is 4. The molecule has 23 heteroatoms. The van der Waals surface area contributed by atoms with Crippen LogP contribution in [0.2, 0.25) is 0 Å². The van der Waals surface area contributed by atoms with Gasteiger partial charge >= 0.3 is 27.3 Å². The van der Waals surface area contributed by atoms with E-state index in [0.717, 1.165) is 106 Å². The van der Waals surface area contributed by atoms with Crippen LogP contribution in [0.25, 0.3) is 43.6 Å². The first-order valence-electron chi connectivity index (χ1n) is 19.1. The topological polar surface area (TPSA) is 243 Å². The number of hydrogen-bond acceptors (Lipinski definition) is 14. The van der Waals surface area contributed by atoms with Crippen LogP contribution in [0.3, 0.4) is 0 Å². The molecule has 4 aromatic carbocycles. The van der Waals surface area contributed by atoms with E-state index >= 15 is 0 Å². The van der Waals surface area contributed by atoms with Crippen LogP contribution >= 0.6 is 69.6 Å². The molecule has 0 saturated heterocycles. The maximum atomic E-state index is 8.49. The van der Waals surface area contributed by atoms with E-state index in [1.54, 1.807) is 0 Å². The van der Waals surface area contributed by atoms with Crippen LogP contribution in [0, 0.1) is 20.5 Å². The van der Waals surface area contributed by atoms with Gasteiger partial charge in [0.15, 0.2) is 8.59 Å². The van der Waals surface area contributed by atoms with E-state index in [-0.39, 0.29) is 27.3 Å². The predicted molar refractivity (Wildman–Crippen MR) is 238 cm³/mol. The molecule has 0 N–H and O–H groups in total. The molecule has 0 spiro atoms. The predicted octanol–water partition coefficient (Wildman–Crippen LogP) is 3.04. The molecule has 14 nitrogen and oxygen atoms in total. The Bertz CT molecular complexity index is 2360. The van der Waals surface area contributed by atoms with Gasteiger partial charge in [0.25, 0.3) is 0 Å². The largest absolute Gasteiger partial charge is 2.00 e. The molecule has 350 valence electrons. The molecule has 8 rings (SSSR count). The summed E-state index contributed by atoms with van der Waals surface area (Å²) in [6.45, 7) is 4.52. The average Bonchev–Trinajstić information content (AvgIpc) is 3.24. The van der Waals surface area contributed by atoms with Crippen molar-refractivity contribution in [3.8, 4) is 0 Å². The summed E-state index contributed by atoms with van der Waals surface area (Å²) in [4.78, 5) is 25.0. The second-order valence-electron chi connectivity index (χ2n) is 13.7. The van der Waals surface area contributed by atoms with Crippen LogP contribution in [0.1, 0.15) is 22.8 Å². The van der Waals surface area contributed by atoms with E-state index in [2.05, 4.69) is 155 Å². The van der Waals surface area contributed by atoms with Crippen molar-refractivity contribution in [2.24, 2.45) is 0 Å². The molecule has 0 bridgehead atoms. The van der Waals surface area contributed by atoms with Gasteiger partial charge in [0.05, 0.1) is 44.8 Å². The number of para-hydroxylation sites is 4. The van der Waals surface area contributed by atoms with Crippen molar-refractivity contribution in [2.75, 3.05) is 13.1 Å². The maximum Gasteiger partial charge on any atom is 2.00 e. The van der Waals surface area contributed by atoms with Gasteiger partial charge in [-0.15, -0.1) is 20.5 Å². The van der Waals surface area contributed by atoms with Crippen molar-refractivity contribution in [1.82, 2.24) is 29.7 Å². The van der Waals surface area contributed by atoms with Gasteiger partial charge < -0.3 is 0 Å². The third-order valence-electron chi connectivity index (χ3n) is 8.90. The van der Waals surface area contributed by atoms with Crippen molar-refractivity contribution in [3.63, 3.8) is 0 Å². The summed E-state index contributed by atoms with van der Waals surface area (Å²) in [6.07, 6.45) is 0. The minimum Gasteiger partial charge on any atom is -0.290 e. The van der Waals surface area contributed by atoms with Crippen LogP contribution in [-0.4, -0.2) is 51.4 Å². The molecular formula is C44H38CdCl8N6O8. The van der Waals surface area contributed by atoms with Crippen LogP contribution in [0.5, 0.6) is 0 Å². The first kappa shape index (κ1) is 58.7. The SMILES string of the molecule is ClC(Cl)Cl.ClC(Cl)Cl.[Cd+2].[O-][Cl+3]([O-])([O-])[O-].[O-][Cl+3]([O-])([O-])[O-].c1ccc2nc(CN(CCN(Cc3ccc4ccccc4n3)Cc3ccc4ccccc4n3)Cc3ccc4ccccc4n3)ccc2c1. The number of hydrogen-bond donors (Lipinski definition) is 0. The monoisotopic (exact) mass is 1170 g/mol. The third-order valence-corrected chi connectivity index (χ3v) is 8.90. The summed E-state index contributed by atoms with van der Waals surface area (Å²) in [5.41, 5.74) is 8.27. The second-order valence-corrected chi connectivity index (χ2v) is 19.1. The molecule has 8 aromatic rings. The fraction of sp³-hybridized carbons (Fsp3) is 0.182. The Balaban J connectivity index is 0.000000538. The normalized spacial score (nSPS) is 11.3. The van der Waals surface area contributed by atoms with Crippen molar-refractivity contribution >= 4 is 113 Å². The Labute approximate surface area is 440 Å². The molecule has 0 amide bonds. The van der Waals surface area contributed by atoms with Gasteiger partial charge in [-0.2, -0.15) is 0 Å². The van der Waals surface area contributed by atoms with E-state index in [1.165, 1.54) is 0 Å². The van der Waals surface area contributed by atoms with E-state index in [0.29, 0.717) is 0 Å². The summed E-state index contributed by atoms with van der Waals surface area (Å²) in [5.74, 6) is 0. The second kappa shape index (κ2) is 29.5. The van der Waals surface area contributed by atoms with Crippen LogP contribution in [-0.2, 0) is 53.5 Å². The third kappa shape index (κ3) is 24.7. The first-order valence-corrected chi connectivity index (χ1v) is 24.2. The Morgan fingerprint density at radius 2 is 0.522 bits per heavy atom. The zero-order valence-corrected chi connectivity index (χ0v) is 45.0. The van der Waals surface area contributed by atoms with Gasteiger partial charge in [-0.05, 0) is 48.5 Å². The molecule has 67 heavy (non-hydrogen) atoms. The Morgan fingerprint density at radius 1 is 0.343 bits per heavy atom. The van der Waals surface area contributed by atoms with Gasteiger partial charge in [0.1, 0.15) is 0 Å². The van der Waals surface area contributed by atoms with Crippen LogP contribution in [0.4, 0.5) is 0 Å². The van der Waals surface area contributed by atoms with Gasteiger partial charge in [0, 0.05) is 60.8 Å². The minimum atomic E-state index is -4.94. The molecule has 0 aliphatic carbocycles. The van der Waals surface area contributed by atoms with E-state index < -0.39 is 29.1 Å². The molecule has 0 aliphatic heterocycles. The minimum absolute atomic E-state index is 0. The van der Waals surface area contributed by atoms with E-state index in [9.17, 15) is 0 Å². The Morgan fingerprint density at radius 3 is 0.716 bits per heavy atom. The van der Waals surface area contributed by atoms with Gasteiger partial charge in [0.2, 0.25) is 0 Å². The zero-order valence-electron chi connectivity index (χ0n) is 34.9. The van der Waals surface area contributed by atoms with Crippen LogP contribution < -0.4 is 37.3 Å². The van der Waals surface area contributed by atoms with Gasteiger partial charge in [-0.25, -0.2) is 37.3 Å². The summed E-state index contributed by atoms with van der Waals surface area (Å²) in [7, 11) is -9.89. The molecule has 0 atom stereocenters. The van der Waals surface area contributed by atoms with Gasteiger partial charge in [-0.3, -0.25) is 29.7 Å². The number of halogens is 8. The van der Waals surface area contributed by atoms with Crippen LogP contribution in [0.15, 0.2) is 146 Å². The number of benzene rings is 4. The summed E-state index contributed by atoms with van der Waals surface area (Å²) >= 11 is 28.8. The van der Waals surface area contributed by atoms with E-state index in [1.807, 2.05) is 0 Å². The molecule has 0 saturated carbocycles. The molecule has 0 unspecified atom stereocenters. The zero-order chi connectivity index (χ0) is 48.3. The fourth-order valence-corrected chi connectivity index (χ4v) is 6.41. The first-order chi connectivity index (χ1) is 31.2. The van der Waals surface area contributed by atoms with Gasteiger partial charge in [-0.1, -0.05) is 167 Å². The van der Waals surface area contributed by atoms with Crippen molar-refractivity contribution in [2.45, 2.75) is 34.8 Å². The standard InChI is InChI=1S/C42H36N6.2CHCl3.Cd.2ClHO4/c1-5-13-39-31(9-1)17-21-35(43-39)27-47(28-36-22-18-32-10-2-6-14-40(32)44-36)25-26-48(29-37-23-19-33-11-3-7-15-41(33)45-37)30-38-24-20-34-12-4-8-16-42(34)46-38;2*2-1(3)4;;2*2-1(3,4)5/h1-24H,25-30H2;2*1H;;2*(H,2,3,4,5)/q;;;+2;;/p-2. The molecule has 0 fully saturated rings. The molecular weight excluding hydrogens is 1140 g/mol. The average molecular weight is 1170 g/mol. The fourth-order valence-electron chi connectivity index (χ4n) is 6.41. The Kier molecular flexibility index (Phi) is 25.9. The molecule has 4 aromatic heterocycles. The number of rotatable bonds is 11.